The summed E-state index contributed by atoms with van der Waals surface area (Å²) in [7, 11) is 0. The van der Waals surface area contributed by atoms with Gasteiger partial charge in [0.1, 0.15) is 6.54 Å². The zero-order chi connectivity index (χ0) is 16.4. The van der Waals surface area contributed by atoms with Crippen LogP contribution in [0.25, 0.3) is 0 Å². The van der Waals surface area contributed by atoms with E-state index in [1.807, 2.05) is 24.3 Å². The lowest BCUT2D eigenvalue weighted by Gasteiger charge is -2.24. The Hall–Kier alpha value is -2.33. The van der Waals surface area contributed by atoms with Crippen LogP contribution in [0.2, 0.25) is 5.02 Å². The highest BCUT2D eigenvalue weighted by Gasteiger charge is 2.26. The van der Waals surface area contributed by atoms with E-state index < -0.39 is 0 Å². The van der Waals surface area contributed by atoms with Crippen molar-refractivity contribution in [3.63, 3.8) is 0 Å². The monoisotopic (exact) mass is 328 g/mol. The second-order valence-corrected chi connectivity index (χ2v) is 5.95. The van der Waals surface area contributed by atoms with Gasteiger partial charge in [-0.05, 0) is 36.2 Å². The molecule has 1 aliphatic rings. The molecule has 2 aromatic carbocycles. The van der Waals surface area contributed by atoms with Gasteiger partial charge in [0.2, 0.25) is 11.8 Å². The van der Waals surface area contributed by atoms with Crippen LogP contribution in [0.5, 0.6) is 0 Å². The Bertz CT molecular complexity index is 760. The second-order valence-electron chi connectivity index (χ2n) is 5.51. The zero-order valence-corrected chi connectivity index (χ0v) is 13.6. The molecule has 5 heteroatoms. The first-order chi connectivity index (χ1) is 11.1. The van der Waals surface area contributed by atoms with E-state index in [1.54, 1.807) is 29.2 Å². The number of carbonyl (C=O) groups is 2. The quantitative estimate of drug-likeness (QED) is 0.867. The van der Waals surface area contributed by atoms with Gasteiger partial charge in [-0.1, -0.05) is 35.9 Å². The van der Waals surface area contributed by atoms with Crippen molar-refractivity contribution in [2.45, 2.75) is 13.3 Å². The molecular formula is C18H17ClN2O2. The highest BCUT2D eigenvalue weighted by Crippen LogP contribution is 2.28. The predicted octanol–water partition coefficient (Wildman–Crippen LogP) is 3.28. The smallest absolute Gasteiger partial charge is 0.247 e. The van der Waals surface area contributed by atoms with E-state index in [4.69, 9.17) is 11.6 Å². The topological polar surface area (TPSA) is 40.6 Å². The molecule has 0 bridgehead atoms. The maximum atomic E-state index is 12.7. The Balaban J connectivity index is 1.82. The first-order valence-corrected chi connectivity index (χ1v) is 7.86. The van der Waals surface area contributed by atoms with E-state index in [0.29, 0.717) is 17.3 Å². The molecule has 0 atom stereocenters. The Labute approximate surface area is 140 Å². The third-order valence-corrected chi connectivity index (χ3v) is 4.22. The standard InChI is InChI=1S/C18H17ClN2O2/c1-13(22)21(16-7-4-6-15(19)11-16)12-18(23)20-10-9-14-5-2-3-8-17(14)20/h2-8,11H,9-10,12H2,1H3. The average molecular weight is 329 g/mol. The van der Waals surface area contributed by atoms with Crippen molar-refractivity contribution in [1.82, 2.24) is 0 Å². The fourth-order valence-corrected chi connectivity index (χ4v) is 3.03. The van der Waals surface area contributed by atoms with Crippen molar-refractivity contribution in [1.29, 1.82) is 0 Å². The van der Waals surface area contributed by atoms with Crippen molar-refractivity contribution in [3.8, 4) is 0 Å². The minimum absolute atomic E-state index is 0.00398. The number of anilines is 2. The molecule has 1 aliphatic heterocycles. The fourth-order valence-electron chi connectivity index (χ4n) is 2.85. The number of fused-ring (bicyclic) bond motifs is 1. The molecule has 0 spiro atoms. The van der Waals surface area contributed by atoms with Crippen molar-refractivity contribution in [2.75, 3.05) is 22.9 Å². The van der Waals surface area contributed by atoms with Gasteiger partial charge in [0.15, 0.2) is 0 Å². The summed E-state index contributed by atoms with van der Waals surface area (Å²) in [5.74, 6) is -0.279. The number of nitrogens with zero attached hydrogens (tertiary/aromatic N) is 2. The van der Waals surface area contributed by atoms with Gasteiger partial charge in [-0.2, -0.15) is 0 Å². The Morgan fingerprint density at radius 3 is 2.70 bits per heavy atom. The number of carbonyl (C=O) groups excluding carboxylic acids is 2. The summed E-state index contributed by atoms with van der Waals surface area (Å²) in [5, 5.41) is 0.535. The van der Waals surface area contributed by atoms with Crippen LogP contribution in [0.3, 0.4) is 0 Å². The van der Waals surface area contributed by atoms with Crippen LogP contribution >= 0.6 is 11.6 Å². The number of halogens is 1. The van der Waals surface area contributed by atoms with Crippen LogP contribution in [0.15, 0.2) is 48.5 Å². The van der Waals surface area contributed by atoms with Gasteiger partial charge < -0.3 is 9.80 Å². The molecule has 0 fully saturated rings. The van der Waals surface area contributed by atoms with Crippen LogP contribution in [0.1, 0.15) is 12.5 Å². The minimum atomic E-state index is -0.187. The van der Waals surface area contributed by atoms with Crippen LogP contribution < -0.4 is 9.80 Å². The number of benzene rings is 2. The second kappa shape index (κ2) is 6.42. The van der Waals surface area contributed by atoms with Crippen LogP contribution in [0.4, 0.5) is 11.4 Å². The largest absolute Gasteiger partial charge is 0.310 e. The lowest BCUT2D eigenvalue weighted by molar-refractivity contribution is -0.121. The van der Waals surface area contributed by atoms with Crippen molar-refractivity contribution in [2.24, 2.45) is 0 Å². The predicted molar refractivity (Wildman–Crippen MR) is 92.0 cm³/mol. The third kappa shape index (κ3) is 3.22. The molecule has 0 unspecified atom stereocenters. The summed E-state index contributed by atoms with van der Waals surface area (Å²) in [6.07, 6.45) is 0.846. The highest BCUT2D eigenvalue weighted by molar-refractivity contribution is 6.31. The summed E-state index contributed by atoms with van der Waals surface area (Å²) in [6, 6.07) is 14.8. The van der Waals surface area contributed by atoms with Gasteiger partial charge in [-0.3, -0.25) is 9.59 Å². The van der Waals surface area contributed by atoms with Crippen molar-refractivity contribution < 1.29 is 9.59 Å². The SMILES string of the molecule is CC(=O)N(CC(=O)N1CCc2ccccc21)c1cccc(Cl)c1. The molecule has 2 aromatic rings. The molecule has 23 heavy (non-hydrogen) atoms. The molecular weight excluding hydrogens is 312 g/mol. The summed E-state index contributed by atoms with van der Waals surface area (Å²) < 4.78 is 0. The van der Waals surface area contributed by atoms with E-state index >= 15 is 0 Å². The van der Waals surface area contributed by atoms with E-state index in [9.17, 15) is 9.59 Å². The lowest BCUT2D eigenvalue weighted by Crippen LogP contribution is -2.41. The molecule has 1 heterocycles. The van der Waals surface area contributed by atoms with E-state index in [1.165, 1.54) is 11.8 Å². The Morgan fingerprint density at radius 2 is 1.96 bits per heavy atom. The molecule has 0 N–H and O–H groups in total. The summed E-state index contributed by atoms with van der Waals surface area (Å²) in [4.78, 5) is 27.8. The number of amides is 2. The average Bonchev–Trinajstić information content (AvgIpc) is 2.96. The molecule has 0 aliphatic carbocycles. The van der Waals surface area contributed by atoms with Gasteiger partial charge >= 0.3 is 0 Å². The molecule has 0 saturated heterocycles. The molecule has 0 aromatic heterocycles. The number of hydrogen-bond donors (Lipinski definition) is 0. The van der Waals surface area contributed by atoms with Gasteiger partial charge in [-0.15, -0.1) is 0 Å². The lowest BCUT2D eigenvalue weighted by atomic mass is 10.2. The molecule has 4 nitrogen and oxygen atoms in total. The van der Waals surface area contributed by atoms with E-state index in [-0.39, 0.29) is 18.4 Å². The highest BCUT2D eigenvalue weighted by atomic mass is 35.5. The summed E-state index contributed by atoms with van der Waals surface area (Å²) in [6.45, 7) is 2.11. The molecule has 0 radical (unpaired) electrons. The van der Waals surface area contributed by atoms with Crippen molar-refractivity contribution >= 4 is 34.8 Å². The van der Waals surface area contributed by atoms with Crippen LogP contribution in [0, 0.1) is 0 Å². The maximum absolute atomic E-state index is 12.7. The normalized spacial score (nSPS) is 12.9. The molecule has 118 valence electrons. The molecule has 2 amide bonds. The first kappa shape index (κ1) is 15.6. The van der Waals surface area contributed by atoms with Crippen LogP contribution in [-0.2, 0) is 16.0 Å². The number of rotatable bonds is 3. The number of para-hydroxylation sites is 1. The number of hydrogen-bond acceptors (Lipinski definition) is 2. The minimum Gasteiger partial charge on any atom is -0.310 e. The summed E-state index contributed by atoms with van der Waals surface area (Å²) in [5.41, 5.74) is 2.73. The van der Waals surface area contributed by atoms with Crippen LogP contribution in [-0.4, -0.2) is 24.9 Å². The van der Waals surface area contributed by atoms with Gasteiger partial charge in [-0.25, -0.2) is 0 Å². The maximum Gasteiger partial charge on any atom is 0.247 e. The summed E-state index contributed by atoms with van der Waals surface area (Å²) >= 11 is 5.99. The Kier molecular flexibility index (Phi) is 4.35. The zero-order valence-electron chi connectivity index (χ0n) is 12.8. The van der Waals surface area contributed by atoms with Gasteiger partial charge in [0, 0.05) is 29.9 Å². The fraction of sp³-hybridized carbons (Fsp3) is 0.222. The molecule has 3 rings (SSSR count). The first-order valence-electron chi connectivity index (χ1n) is 7.48. The third-order valence-electron chi connectivity index (χ3n) is 3.98. The van der Waals surface area contributed by atoms with Gasteiger partial charge in [0.25, 0.3) is 0 Å². The van der Waals surface area contributed by atoms with E-state index in [2.05, 4.69) is 0 Å². The van der Waals surface area contributed by atoms with Crippen molar-refractivity contribution in [3.05, 3.63) is 59.1 Å². The molecule has 0 saturated carbocycles. The Morgan fingerprint density at radius 1 is 1.17 bits per heavy atom. The van der Waals surface area contributed by atoms with Gasteiger partial charge in [0.05, 0.1) is 0 Å². The van der Waals surface area contributed by atoms with E-state index in [0.717, 1.165) is 17.7 Å².